The number of carbonyl (C=O) groups is 3. The average molecular weight is 423 g/mol. The van der Waals surface area contributed by atoms with Crippen LogP contribution >= 0.6 is 23.2 Å². The van der Waals surface area contributed by atoms with E-state index in [0.717, 1.165) is 38.5 Å². The van der Waals surface area contributed by atoms with Crippen LogP contribution < -0.4 is 0 Å². The fraction of sp³-hybridized carbons (Fsp3) is 0.870. The molecule has 0 N–H and O–H groups in total. The molecule has 0 saturated heterocycles. The summed E-state index contributed by atoms with van der Waals surface area (Å²) in [5.41, 5.74) is -1.57. The van der Waals surface area contributed by atoms with Gasteiger partial charge in [-0.3, -0.25) is 14.4 Å². The zero-order valence-electron chi connectivity index (χ0n) is 16.2. The highest BCUT2D eigenvalue weighted by Crippen LogP contribution is 2.64. The Hall–Kier alpha value is -0.410. The summed E-state index contributed by atoms with van der Waals surface area (Å²) < 4.78 is 0. The van der Waals surface area contributed by atoms with Crippen molar-refractivity contribution >= 4 is 40.6 Å². The summed E-state index contributed by atoms with van der Waals surface area (Å²) in [4.78, 5) is 40.4. The molecule has 0 amide bonds. The van der Waals surface area contributed by atoms with Gasteiger partial charge in [-0.1, -0.05) is 0 Å². The molecule has 0 aromatic carbocycles. The molecular formula is C23H28Cl2O3. The third-order valence-electron chi connectivity index (χ3n) is 9.69. The zero-order chi connectivity index (χ0) is 19.4. The highest BCUT2D eigenvalue weighted by Gasteiger charge is 2.65. The first-order valence-electron chi connectivity index (χ1n) is 11.2. The lowest BCUT2D eigenvalue weighted by molar-refractivity contribution is -0.162. The highest BCUT2D eigenvalue weighted by atomic mass is 35.5. The summed E-state index contributed by atoms with van der Waals surface area (Å²) in [5, 5.41) is -0.569. The van der Waals surface area contributed by atoms with Crippen molar-refractivity contribution < 1.29 is 14.4 Å². The van der Waals surface area contributed by atoms with Crippen molar-refractivity contribution in [2.45, 2.75) is 75.0 Å². The maximum Gasteiger partial charge on any atom is 0.265 e. The van der Waals surface area contributed by atoms with Gasteiger partial charge in [0.15, 0.2) is 0 Å². The van der Waals surface area contributed by atoms with E-state index in [1.807, 2.05) is 0 Å². The highest BCUT2D eigenvalue weighted by molar-refractivity contribution is 6.66. The van der Waals surface area contributed by atoms with Crippen molar-refractivity contribution in [2.24, 2.45) is 46.3 Å². The molecule has 8 aliphatic rings. The van der Waals surface area contributed by atoms with Gasteiger partial charge >= 0.3 is 0 Å². The molecule has 28 heavy (non-hydrogen) atoms. The van der Waals surface area contributed by atoms with Crippen molar-refractivity contribution in [1.82, 2.24) is 0 Å². The zero-order valence-corrected chi connectivity index (χ0v) is 17.7. The minimum Gasteiger partial charge on any atom is -0.290 e. The molecule has 8 rings (SSSR count). The molecule has 5 heteroatoms. The Kier molecular flexibility index (Phi) is 3.83. The summed E-state index contributed by atoms with van der Waals surface area (Å²) in [5.74, 6) is 0.978. The molecule has 8 fully saturated rings. The summed E-state index contributed by atoms with van der Waals surface area (Å²) in [6.45, 7) is 0. The van der Waals surface area contributed by atoms with Gasteiger partial charge < -0.3 is 0 Å². The first kappa shape index (κ1) is 18.4. The van der Waals surface area contributed by atoms with Gasteiger partial charge in [-0.2, -0.15) is 0 Å². The van der Waals surface area contributed by atoms with Crippen molar-refractivity contribution in [2.75, 3.05) is 0 Å². The third-order valence-corrected chi connectivity index (χ3v) is 11.2. The molecule has 6 atom stereocenters. The van der Waals surface area contributed by atoms with E-state index in [-0.39, 0.29) is 10.8 Å². The van der Waals surface area contributed by atoms with E-state index in [4.69, 9.17) is 23.2 Å². The maximum absolute atomic E-state index is 13.6. The fourth-order valence-corrected chi connectivity index (χ4v) is 10.1. The minimum atomic E-state index is -0.785. The van der Waals surface area contributed by atoms with Crippen LogP contribution in [0.3, 0.4) is 0 Å². The first-order chi connectivity index (χ1) is 13.3. The van der Waals surface area contributed by atoms with Gasteiger partial charge in [-0.15, -0.1) is 23.2 Å². The largest absolute Gasteiger partial charge is 0.290 e. The molecule has 8 aliphatic carbocycles. The molecule has 0 aromatic heterocycles. The molecule has 0 radical (unpaired) electrons. The molecule has 8 saturated carbocycles. The van der Waals surface area contributed by atoms with Gasteiger partial charge in [-0.05, 0) is 99.7 Å². The molecule has 0 aliphatic heterocycles. The molecule has 8 bridgehead atoms. The number of halogens is 2. The van der Waals surface area contributed by atoms with E-state index < -0.39 is 28.2 Å². The Balaban J connectivity index is 1.31. The van der Waals surface area contributed by atoms with Crippen molar-refractivity contribution in [3.8, 4) is 0 Å². The van der Waals surface area contributed by atoms with E-state index in [9.17, 15) is 14.4 Å². The third kappa shape index (κ3) is 2.21. The second-order valence-electron chi connectivity index (χ2n) is 11.3. The fourth-order valence-electron chi connectivity index (χ4n) is 9.13. The van der Waals surface area contributed by atoms with Crippen LogP contribution in [-0.4, -0.2) is 28.1 Å². The van der Waals surface area contributed by atoms with Gasteiger partial charge in [0, 0.05) is 10.8 Å². The monoisotopic (exact) mass is 422 g/mol. The SMILES string of the molecule is O=C(C(=O)C12CC3CC(CC(C3)C1Cl)C2)C(=O)C12CC3CC(CC(C3)C1Cl)C2. The lowest BCUT2D eigenvalue weighted by Crippen LogP contribution is -2.63. The molecule has 6 unspecified atom stereocenters. The number of alkyl halides is 2. The Bertz CT molecular complexity index is 686. The van der Waals surface area contributed by atoms with Crippen molar-refractivity contribution in [1.29, 1.82) is 0 Å². The minimum absolute atomic E-state index is 0.285. The van der Waals surface area contributed by atoms with Gasteiger partial charge in [0.1, 0.15) is 0 Å². The molecule has 0 aromatic rings. The summed E-state index contributed by atoms with van der Waals surface area (Å²) in [6, 6.07) is 0. The van der Waals surface area contributed by atoms with Crippen LogP contribution in [0.1, 0.15) is 64.2 Å². The standard InChI is InChI=1S/C23H28Cl2O3/c24-18-15-3-11-1-12(4-15)8-22(18,7-11)20(27)17(26)21(28)23-9-13-2-14(10-23)6-16(5-13)19(23)25/h11-16,18-19H,1-10H2. The van der Waals surface area contributed by atoms with Crippen LogP contribution in [0.15, 0.2) is 0 Å². The average Bonchev–Trinajstić information content (AvgIpc) is 2.67. The Morgan fingerprint density at radius 1 is 0.571 bits per heavy atom. The number of hydrogen-bond donors (Lipinski definition) is 0. The quantitative estimate of drug-likeness (QED) is 0.378. The van der Waals surface area contributed by atoms with E-state index in [1.165, 1.54) is 0 Å². The van der Waals surface area contributed by atoms with Crippen LogP contribution in [-0.2, 0) is 14.4 Å². The lowest BCUT2D eigenvalue weighted by Gasteiger charge is -2.59. The predicted molar refractivity (Wildman–Crippen MR) is 106 cm³/mol. The van der Waals surface area contributed by atoms with Gasteiger partial charge in [0.2, 0.25) is 11.6 Å². The first-order valence-corrected chi connectivity index (χ1v) is 12.1. The molecular weight excluding hydrogens is 395 g/mol. The van der Waals surface area contributed by atoms with Gasteiger partial charge in [-0.25, -0.2) is 0 Å². The van der Waals surface area contributed by atoms with Gasteiger partial charge in [0.25, 0.3) is 5.78 Å². The Morgan fingerprint density at radius 3 is 1.21 bits per heavy atom. The second kappa shape index (κ2) is 5.84. The summed E-state index contributed by atoms with van der Waals surface area (Å²) >= 11 is 13.6. The van der Waals surface area contributed by atoms with Crippen LogP contribution in [0.5, 0.6) is 0 Å². The number of hydrogen-bond acceptors (Lipinski definition) is 3. The smallest absolute Gasteiger partial charge is 0.265 e. The van der Waals surface area contributed by atoms with E-state index in [0.29, 0.717) is 61.2 Å². The number of carbonyl (C=O) groups excluding carboxylic acids is 3. The Labute approximate surface area is 176 Å². The van der Waals surface area contributed by atoms with Crippen LogP contribution in [0.2, 0.25) is 0 Å². The summed E-state index contributed by atoms with van der Waals surface area (Å²) in [7, 11) is 0. The van der Waals surface area contributed by atoms with Crippen molar-refractivity contribution in [3.63, 3.8) is 0 Å². The van der Waals surface area contributed by atoms with Crippen LogP contribution in [0.25, 0.3) is 0 Å². The van der Waals surface area contributed by atoms with E-state index in [2.05, 4.69) is 0 Å². The molecule has 0 heterocycles. The molecule has 0 spiro atoms. The number of rotatable bonds is 4. The molecule has 3 nitrogen and oxygen atoms in total. The van der Waals surface area contributed by atoms with E-state index >= 15 is 0 Å². The van der Waals surface area contributed by atoms with Crippen LogP contribution in [0, 0.1) is 46.3 Å². The van der Waals surface area contributed by atoms with Crippen LogP contribution in [0.4, 0.5) is 0 Å². The Morgan fingerprint density at radius 2 is 0.893 bits per heavy atom. The normalized spacial score (nSPS) is 55.5. The topological polar surface area (TPSA) is 51.2 Å². The lowest BCUT2D eigenvalue weighted by atomic mass is 9.46. The number of ketones is 3. The molecule has 152 valence electrons. The second-order valence-corrected chi connectivity index (χ2v) is 12.3. The van der Waals surface area contributed by atoms with Gasteiger partial charge in [0.05, 0.1) is 10.8 Å². The van der Waals surface area contributed by atoms with E-state index in [1.54, 1.807) is 0 Å². The predicted octanol–water partition coefficient (Wildman–Crippen LogP) is 4.56. The maximum atomic E-state index is 13.6. The van der Waals surface area contributed by atoms with Crippen molar-refractivity contribution in [3.05, 3.63) is 0 Å². The number of Topliss-reactive ketones (excluding diaryl/α,β-unsaturated/α-hetero) is 3. The summed E-state index contributed by atoms with van der Waals surface area (Å²) in [6.07, 6.45) is 9.48.